The summed E-state index contributed by atoms with van der Waals surface area (Å²) >= 11 is 0. The molecule has 2 atom stereocenters. The van der Waals surface area contributed by atoms with Crippen LogP contribution in [0.15, 0.2) is 60.7 Å². The molecule has 112 valence electrons. The van der Waals surface area contributed by atoms with Crippen molar-refractivity contribution in [1.29, 1.82) is 0 Å². The highest BCUT2D eigenvalue weighted by Crippen LogP contribution is 2.07. The summed E-state index contributed by atoms with van der Waals surface area (Å²) in [6.07, 6.45) is 1.51. The van der Waals surface area contributed by atoms with Crippen LogP contribution in [-0.4, -0.2) is 35.5 Å². The highest BCUT2D eigenvalue weighted by molar-refractivity contribution is 5.17. The molecule has 3 N–H and O–H groups in total. The number of nitrogens with one attached hydrogen (secondary N) is 1. The van der Waals surface area contributed by atoms with Crippen molar-refractivity contribution >= 4 is 0 Å². The first-order chi connectivity index (χ1) is 10.3. The van der Waals surface area contributed by atoms with Crippen molar-refractivity contribution in [2.24, 2.45) is 0 Å². The second kappa shape index (κ2) is 8.57. The first-order valence-corrected chi connectivity index (χ1v) is 7.37. The van der Waals surface area contributed by atoms with Gasteiger partial charge in [0, 0.05) is 12.1 Å². The van der Waals surface area contributed by atoms with Gasteiger partial charge in [-0.3, -0.25) is 0 Å². The van der Waals surface area contributed by atoms with Crippen LogP contribution in [0.5, 0.6) is 0 Å². The van der Waals surface area contributed by atoms with Crippen LogP contribution in [0.3, 0.4) is 0 Å². The lowest BCUT2D eigenvalue weighted by atomic mass is 10.0. The maximum Gasteiger partial charge on any atom is 0.0587 e. The Kier molecular flexibility index (Phi) is 6.41. The number of aliphatic hydroxyl groups excluding tert-OH is 2. The van der Waals surface area contributed by atoms with E-state index in [1.807, 2.05) is 36.4 Å². The molecule has 3 nitrogen and oxygen atoms in total. The van der Waals surface area contributed by atoms with Gasteiger partial charge in [-0.25, -0.2) is 0 Å². The number of hydrogen-bond acceptors (Lipinski definition) is 3. The largest absolute Gasteiger partial charge is 0.395 e. The molecule has 0 aromatic heterocycles. The van der Waals surface area contributed by atoms with E-state index in [0.717, 1.165) is 12.8 Å². The first kappa shape index (κ1) is 15.7. The minimum Gasteiger partial charge on any atom is -0.395 e. The fourth-order valence-electron chi connectivity index (χ4n) is 2.48. The fraction of sp³-hybridized carbons (Fsp3) is 0.333. The van der Waals surface area contributed by atoms with Gasteiger partial charge in [0.25, 0.3) is 0 Å². The molecule has 2 aromatic carbocycles. The van der Waals surface area contributed by atoms with Crippen LogP contribution in [0, 0.1) is 0 Å². The molecule has 0 aliphatic rings. The van der Waals surface area contributed by atoms with Crippen molar-refractivity contribution in [1.82, 2.24) is 5.32 Å². The van der Waals surface area contributed by atoms with E-state index in [9.17, 15) is 10.2 Å². The average molecular weight is 285 g/mol. The molecule has 0 saturated carbocycles. The van der Waals surface area contributed by atoms with Gasteiger partial charge in [0.05, 0.1) is 13.2 Å². The Bertz CT molecular complexity index is 454. The summed E-state index contributed by atoms with van der Waals surface area (Å²) in [7, 11) is 0. The van der Waals surface area contributed by atoms with Gasteiger partial charge in [-0.1, -0.05) is 60.7 Å². The zero-order valence-corrected chi connectivity index (χ0v) is 12.2. The summed E-state index contributed by atoms with van der Waals surface area (Å²) in [4.78, 5) is 0. The van der Waals surface area contributed by atoms with Crippen LogP contribution < -0.4 is 5.32 Å². The molecular formula is C18H23NO2. The van der Waals surface area contributed by atoms with Gasteiger partial charge in [-0.05, 0) is 24.0 Å². The van der Waals surface area contributed by atoms with E-state index in [1.54, 1.807) is 0 Å². The predicted molar refractivity (Wildman–Crippen MR) is 85.2 cm³/mol. The normalized spacial score (nSPS) is 13.8. The van der Waals surface area contributed by atoms with Gasteiger partial charge in [-0.2, -0.15) is 0 Å². The van der Waals surface area contributed by atoms with E-state index in [2.05, 4.69) is 29.6 Å². The number of rotatable bonds is 8. The van der Waals surface area contributed by atoms with Crippen LogP contribution in [0.2, 0.25) is 0 Å². The highest BCUT2D eigenvalue weighted by Gasteiger charge is 2.15. The van der Waals surface area contributed by atoms with Crippen LogP contribution in [0.4, 0.5) is 0 Å². The zero-order chi connectivity index (χ0) is 14.9. The Balaban J connectivity index is 1.92. The van der Waals surface area contributed by atoms with Crippen LogP contribution in [0.1, 0.15) is 11.1 Å². The van der Waals surface area contributed by atoms with E-state index in [4.69, 9.17) is 0 Å². The molecule has 0 radical (unpaired) electrons. The SMILES string of the molecule is OC[C@H](Cc1ccccc1)N[C@H](CO)Cc1ccccc1. The molecule has 2 aromatic rings. The van der Waals surface area contributed by atoms with Crippen molar-refractivity contribution in [3.05, 3.63) is 71.8 Å². The van der Waals surface area contributed by atoms with E-state index in [-0.39, 0.29) is 25.3 Å². The molecule has 0 fully saturated rings. The molecule has 0 saturated heterocycles. The second-order valence-electron chi connectivity index (χ2n) is 5.31. The molecule has 0 aliphatic carbocycles. The number of aliphatic hydroxyl groups is 2. The summed E-state index contributed by atoms with van der Waals surface area (Å²) in [5.74, 6) is 0. The average Bonchev–Trinajstić information content (AvgIpc) is 2.55. The maximum atomic E-state index is 9.55. The highest BCUT2D eigenvalue weighted by atomic mass is 16.3. The molecule has 0 heterocycles. The zero-order valence-electron chi connectivity index (χ0n) is 12.2. The van der Waals surface area contributed by atoms with Crippen LogP contribution >= 0.6 is 0 Å². The summed E-state index contributed by atoms with van der Waals surface area (Å²) in [5.41, 5.74) is 2.36. The molecule has 3 heteroatoms. The lowest BCUT2D eigenvalue weighted by molar-refractivity contribution is 0.192. The predicted octanol–water partition coefficient (Wildman–Crippen LogP) is 1.78. The summed E-state index contributed by atoms with van der Waals surface area (Å²) < 4.78 is 0. The minimum absolute atomic E-state index is 0.0479. The Labute approximate surface area is 126 Å². The van der Waals surface area contributed by atoms with Crippen molar-refractivity contribution in [3.63, 3.8) is 0 Å². The van der Waals surface area contributed by atoms with Crippen molar-refractivity contribution in [2.75, 3.05) is 13.2 Å². The molecule has 0 spiro atoms. The third-order valence-corrected chi connectivity index (χ3v) is 3.56. The van der Waals surface area contributed by atoms with Crippen LogP contribution in [-0.2, 0) is 12.8 Å². The first-order valence-electron chi connectivity index (χ1n) is 7.37. The van der Waals surface area contributed by atoms with Crippen molar-refractivity contribution in [3.8, 4) is 0 Å². The molecule has 0 unspecified atom stereocenters. The Morgan fingerprint density at radius 1 is 0.667 bits per heavy atom. The lowest BCUT2D eigenvalue weighted by Gasteiger charge is -2.23. The van der Waals surface area contributed by atoms with Crippen LogP contribution in [0.25, 0.3) is 0 Å². The summed E-state index contributed by atoms with van der Waals surface area (Å²) in [6, 6.07) is 20.1. The summed E-state index contributed by atoms with van der Waals surface area (Å²) in [5, 5.41) is 22.5. The van der Waals surface area contributed by atoms with Gasteiger partial charge in [-0.15, -0.1) is 0 Å². The molecular weight excluding hydrogens is 262 g/mol. The standard InChI is InChI=1S/C18H23NO2/c20-13-17(11-15-7-3-1-4-8-15)19-18(14-21)12-16-9-5-2-6-10-16/h1-10,17-21H,11-14H2/t17-,18-/m0/s1. The summed E-state index contributed by atoms with van der Waals surface area (Å²) in [6.45, 7) is 0.111. The van der Waals surface area contributed by atoms with E-state index in [0.29, 0.717) is 0 Å². The minimum atomic E-state index is -0.0479. The molecule has 0 amide bonds. The quantitative estimate of drug-likeness (QED) is 0.693. The smallest absolute Gasteiger partial charge is 0.0587 e. The van der Waals surface area contributed by atoms with Crippen molar-refractivity contribution < 1.29 is 10.2 Å². The lowest BCUT2D eigenvalue weighted by Crippen LogP contribution is -2.45. The van der Waals surface area contributed by atoms with E-state index >= 15 is 0 Å². The number of benzene rings is 2. The van der Waals surface area contributed by atoms with Gasteiger partial charge in [0.1, 0.15) is 0 Å². The Morgan fingerprint density at radius 3 is 1.38 bits per heavy atom. The van der Waals surface area contributed by atoms with E-state index in [1.165, 1.54) is 11.1 Å². The van der Waals surface area contributed by atoms with Gasteiger partial charge in [0.2, 0.25) is 0 Å². The monoisotopic (exact) mass is 285 g/mol. The Hall–Kier alpha value is -1.68. The third kappa shape index (κ3) is 5.31. The topological polar surface area (TPSA) is 52.5 Å². The van der Waals surface area contributed by atoms with E-state index < -0.39 is 0 Å². The van der Waals surface area contributed by atoms with Gasteiger partial charge >= 0.3 is 0 Å². The van der Waals surface area contributed by atoms with Gasteiger partial charge < -0.3 is 15.5 Å². The Morgan fingerprint density at radius 2 is 1.05 bits per heavy atom. The third-order valence-electron chi connectivity index (χ3n) is 3.56. The second-order valence-corrected chi connectivity index (χ2v) is 5.31. The van der Waals surface area contributed by atoms with Gasteiger partial charge in [0.15, 0.2) is 0 Å². The molecule has 21 heavy (non-hydrogen) atoms. The maximum absolute atomic E-state index is 9.55. The fourth-order valence-corrected chi connectivity index (χ4v) is 2.48. The number of hydrogen-bond donors (Lipinski definition) is 3. The van der Waals surface area contributed by atoms with Crippen molar-refractivity contribution in [2.45, 2.75) is 24.9 Å². The molecule has 0 aliphatic heterocycles. The molecule has 2 rings (SSSR count). The molecule has 0 bridgehead atoms.